The van der Waals surface area contributed by atoms with E-state index in [4.69, 9.17) is 5.11 Å². The lowest BCUT2D eigenvalue weighted by molar-refractivity contribution is -0.132. The van der Waals surface area contributed by atoms with Crippen LogP contribution in [-0.4, -0.2) is 11.1 Å². The first-order valence-electron chi connectivity index (χ1n) is 5.88. The van der Waals surface area contributed by atoms with Crippen molar-refractivity contribution in [3.05, 3.63) is 72.4 Å². The van der Waals surface area contributed by atoms with Gasteiger partial charge in [-0.25, -0.2) is 4.79 Å². The summed E-state index contributed by atoms with van der Waals surface area (Å²) >= 11 is 0. The van der Waals surface area contributed by atoms with E-state index in [0.29, 0.717) is 12.0 Å². The molecule has 0 atom stereocenters. The van der Waals surface area contributed by atoms with Crippen molar-refractivity contribution in [2.45, 2.75) is 20.3 Å². The molecule has 0 saturated carbocycles. The Hall–Kier alpha value is -2.09. The first kappa shape index (κ1) is 15.9. The summed E-state index contributed by atoms with van der Waals surface area (Å²) in [7, 11) is 0. The number of rotatable bonds is 7. The van der Waals surface area contributed by atoms with Gasteiger partial charge in [0.2, 0.25) is 0 Å². The Kier molecular flexibility index (Phi) is 10.1. The first-order chi connectivity index (χ1) is 8.72. The molecule has 1 N–H and O–H groups in total. The second kappa shape index (κ2) is 11.4. The van der Waals surface area contributed by atoms with Gasteiger partial charge in [-0.1, -0.05) is 66.8 Å². The normalized spacial score (nSPS) is 14.0. The third kappa shape index (κ3) is 9.16. The highest BCUT2D eigenvalue weighted by atomic mass is 16.4. The van der Waals surface area contributed by atoms with Crippen molar-refractivity contribution >= 4 is 5.97 Å². The summed E-state index contributed by atoms with van der Waals surface area (Å²) in [5.41, 5.74) is 0.367. The molecule has 0 aromatic carbocycles. The molecule has 0 heterocycles. The summed E-state index contributed by atoms with van der Waals surface area (Å²) in [6.45, 7) is 3.85. The minimum atomic E-state index is -0.887. The molecule has 0 fully saturated rings. The van der Waals surface area contributed by atoms with Gasteiger partial charge in [-0.15, -0.1) is 0 Å². The quantitative estimate of drug-likeness (QED) is 0.538. The maximum absolute atomic E-state index is 10.9. The smallest absolute Gasteiger partial charge is 0.331 e. The Morgan fingerprint density at radius 2 is 1.44 bits per heavy atom. The van der Waals surface area contributed by atoms with Crippen LogP contribution in [0.3, 0.4) is 0 Å². The van der Waals surface area contributed by atoms with E-state index in [-0.39, 0.29) is 0 Å². The maximum atomic E-state index is 10.9. The average Bonchev–Trinajstić information content (AvgIpc) is 2.35. The third-order valence-corrected chi connectivity index (χ3v) is 1.99. The zero-order valence-corrected chi connectivity index (χ0v) is 10.9. The second-order valence-electron chi connectivity index (χ2n) is 3.45. The molecule has 0 saturated heterocycles. The minimum Gasteiger partial charge on any atom is -0.478 e. The number of carboxylic acids is 1. The lowest BCUT2D eigenvalue weighted by Crippen LogP contribution is -1.98. The molecular formula is C16H20O2. The standard InChI is InChI=1S/C16H20O2/c1-3-5-7-9-10-12-14-15(16(17)18)13-11-8-6-4-2/h3-13H,14H2,1-2H3,(H,17,18)/b5-3+,6-4+,9-7+,11-8+,12-10+,15-13+. The van der Waals surface area contributed by atoms with Gasteiger partial charge in [0, 0.05) is 5.57 Å². The van der Waals surface area contributed by atoms with Gasteiger partial charge in [0.15, 0.2) is 0 Å². The van der Waals surface area contributed by atoms with Crippen LogP contribution in [0.2, 0.25) is 0 Å². The number of hydrogen-bond donors (Lipinski definition) is 1. The second-order valence-corrected chi connectivity index (χ2v) is 3.45. The van der Waals surface area contributed by atoms with Gasteiger partial charge >= 0.3 is 5.97 Å². The van der Waals surface area contributed by atoms with E-state index in [1.807, 2.05) is 62.5 Å². The number of carbonyl (C=O) groups is 1. The van der Waals surface area contributed by atoms with E-state index in [1.165, 1.54) is 0 Å². The lowest BCUT2D eigenvalue weighted by atomic mass is 10.1. The van der Waals surface area contributed by atoms with Gasteiger partial charge in [0.05, 0.1) is 0 Å². The van der Waals surface area contributed by atoms with Crippen LogP contribution >= 0.6 is 0 Å². The molecule has 0 unspecified atom stereocenters. The number of hydrogen-bond acceptors (Lipinski definition) is 1. The first-order valence-corrected chi connectivity index (χ1v) is 5.88. The summed E-state index contributed by atoms with van der Waals surface area (Å²) in [6.07, 6.45) is 20.6. The summed E-state index contributed by atoms with van der Waals surface area (Å²) in [5.74, 6) is -0.887. The predicted octanol–water partition coefficient (Wildman–Crippen LogP) is 4.21. The number of allylic oxidation sites excluding steroid dienone is 11. The van der Waals surface area contributed by atoms with E-state index in [9.17, 15) is 4.79 Å². The van der Waals surface area contributed by atoms with E-state index in [0.717, 1.165) is 0 Å². The number of aliphatic carboxylic acids is 1. The largest absolute Gasteiger partial charge is 0.478 e. The van der Waals surface area contributed by atoms with Gasteiger partial charge in [0.1, 0.15) is 0 Å². The molecule has 2 nitrogen and oxygen atoms in total. The lowest BCUT2D eigenvalue weighted by Gasteiger charge is -1.94. The molecule has 0 aromatic heterocycles. The van der Waals surface area contributed by atoms with Gasteiger partial charge < -0.3 is 5.11 Å². The van der Waals surface area contributed by atoms with Gasteiger partial charge in [-0.05, 0) is 20.3 Å². The molecule has 0 aromatic rings. The summed E-state index contributed by atoms with van der Waals surface area (Å²) in [5, 5.41) is 8.99. The predicted molar refractivity (Wildman–Crippen MR) is 77.4 cm³/mol. The molecule has 0 bridgehead atoms. The zero-order valence-electron chi connectivity index (χ0n) is 10.9. The highest BCUT2D eigenvalue weighted by Gasteiger charge is 2.02. The van der Waals surface area contributed by atoms with Crippen molar-refractivity contribution in [3.8, 4) is 0 Å². The zero-order chi connectivity index (χ0) is 13.6. The maximum Gasteiger partial charge on any atom is 0.331 e. The van der Waals surface area contributed by atoms with Crippen LogP contribution < -0.4 is 0 Å². The molecule has 0 aliphatic heterocycles. The van der Waals surface area contributed by atoms with Crippen LogP contribution in [0.15, 0.2) is 72.4 Å². The summed E-state index contributed by atoms with van der Waals surface area (Å²) in [4.78, 5) is 10.9. The molecule has 0 rings (SSSR count). The Labute approximate surface area is 109 Å². The van der Waals surface area contributed by atoms with Crippen molar-refractivity contribution in [2.75, 3.05) is 0 Å². The molecule has 0 aliphatic rings. The SMILES string of the molecule is C/C=C/C=C/C=C/C\C(=C/C=C/C=C/C)C(=O)O. The van der Waals surface area contributed by atoms with Crippen molar-refractivity contribution in [1.82, 2.24) is 0 Å². The van der Waals surface area contributed by atoms with Crippen LogP contribution in [0.4, 0.5) is 0 Å². The fourth-order valence-corrected chi connectivity index (χ4v) is 1.09. The highest BCUT2D eigenvalue weighted by molar-refractivity contribution is 5.87. The van der Waals surface area contributed by atoms with Crippen molar-refractivity contribution in [2.24, 2.45) is 0 Å². The highest BCUT2D eigenvalue weighted by Crippen LogP contribution is 2.03. The average molecular weight is 244 g/mol. The van der Waals surface area contributed by atoms with Crippen LogP contribution in [0.1, 0.15) is 20.3 Å². The van der Waals surface area contributed by atoms with E-state index in [2.05, 4.69) is 0 Å². The fraction of sp³-hybridized carbons (Fsp3) is 0.188. The fourth-order valence-electron chi connectivity index (χ4n) is 1.09. The summed E-state index contributed by atoms with van der Waals surface area (Å²) < 4.78 is 0. The Morgan fingerprint density at radius 3 is 2.00 bits per heavy atom. The monoisotopic (exact) mass is 244 g/mol. The molecule has 0 aliphatic carbocycles. The molecule has 2 heteroatoms. The minimum absolute atomic E-state index is 0.367. The Morgan fingerprint density at radius 1 is 0.889 bits per heavy atom. The Balaban J connectivity index is 4.41. The molecule has 96 valence electrons. The van der Waals surface area contributed by atoms with Crippen LogP contribution in [-0.2, 0) is 4.79 Å². The van der Waals surface area contributed by atoms with Gasteiger partial charge in [0.25, 0.3) is 0 Å². The molecular weight excluding hydrogens is 224 g/mol. The van der Waals surface area contributed by atoms with E-state index in [1.54, 1.807) is 18.2 Å². The molecule has 18 heavy (non-hydrogen) atoms. The number of carboxylic acid groups (broad SMARTS) is 1. The molecule has 0 spiro atoms. The van der Waals surface area contributed by atoms with Crippen molar-refractivity contribution < 1.29 is 9.90 Å². The van der Waals surface area contributed by atoms with E-state index >= 15 is 0 Å². The van der Waals surface area contributed by atoms with Crippen LogP contribution in [0.5, 0.6) is 0 Å². The Bertz CT molecular complexity index is 405. The third-order valence-electron chi connectivity index (χ3n) is 1.99. The van der Waals surface area contributed by atoms with Crippen molar-refractivity contribution in [3.63, 3.8) is 0 Å². The van der Waals surface area contributed by atoms with Crippen molar-refractivity contribution in [1.29, 1.82) is 0 Å². The summed E-state index contributed by atoms with van der Waals surface area (Å²) in [6, 6.07) is 0. The van der Waals surface area contributed by atoms with Gasteiger partial charge in [-0.3, -0.25) is 0 Å². The topological polar surface area (TPSA) is 37.3 Å². The van der Waals surface area contributed by atoms with Crippen LogP contribution in [0.25, 0.3) is 0 Å². The van der Waals surface area contributed by atoms with Gasteiger partial charge in [-0.2, -0.15) is 0 Å². The molecule has 0 amide bonds. The van der Waals surface area contributed by atoms with Crippen LogP contribution in [0, 0.1) is 0 Å². The molecule has 0 radical (unpaired) electrons. The van der Waals surface area contributed by atoms with E-state index < -0.39 is 5.97 Å².